The van der Waals surface area contributed by atoms with Crippen LogP contribution in [0.3, 0.4) is 0 Å². The van der Waals surface area contributed by atoms with E-state index in [4.69, 9.17) is 4.74 Å². The van der Waals surface area contributed by atoms with Gasteiger partial charge in [0.2, 0.25) is 21.8 Å². The third-order valence-electron chi connectivity index (χ3n) is 5.28. The maximum Gasteiger partial charge on any atom is 0.244 e. The standard InChI is InChI=1S/C15H25N3O5S/c1-24(21,22)18-9-12(16-13(19)11-3-2-4-11)14(20)17-15(10-18)5-7-23-8-6-15/h11-12H,2-10H2,1H3,(H,16,19)(H,17,20). The highest BCUT2D eigenvalue weighted by Crippen LogP contribution is 2.28. The lowest BCUT2D eigenvalue weighted by Gasteiger charge is -2.38. The van der Waals surface area contributed by atoms with Crippen LogP contribution in [0, 0.1) is 5.92 Å². The molecule has 3 aliphatic rings. The summed E-state index contributed by atoms with van der Waals surface area (Å²) in [7, 11) is -3.48. The van der Waals surface area contributed by atoms with Crippen LogP contribution in [-0.2, 0) is 24.3 Å². The van der Waals surface area contributed by atoms with Crippen molar-refractivity contribution in [2.45, 2.75) is 43.7 Å². The second kappa shape index (κ2) is 6.61. The SMILES string of the molecule is CS(=O)(=O)N1CC(NC(=O)C2CCC2)C(=O)NC2(CCOCC2)C1. The van der Waals surface area contributed by atoms with Crippen LogP contribution in [0.1, 0.15) is 32.1 Å². The molecule has 136 valence electrons. The molecule has 3 fully saturated rings. The number of carbonyl (C=O) groups is 2. The zero-order valence-corrected chi connectivity index (χ0v) is 14.7. The Balaban J connectivity index is 1.79. The summed E-state index contributed by atoms with van der Waals surface area (Å²) >= 11 is 0. The first-order chi connectivity index (χ1) is 11.3. The largest absolute Gasteiger partial charge is 0.381 e. The summed E-state index contributed by atoms with van der Waals surface area (Å²) in [4.78, 5) is 24.8. The minimum Gasteiger partial charge on any atom is -0.381 e. The number of nitrogens with one attached hydrogen (secondary N) is 2. The van der Waals surface area contributed by atoms with Gasteiger partial charge in [-0.15, -0.1) is 0 Å². The quantitative estimate of drug-likeness (QED) is 0.687. The number of amides is 2. The number of sulfonamides is 1. The first-order valence-corrected chi connectivity index (χ1v) is 10.3. The van der Waals surface area contributed by atoms with E-state index in [-0.39, 0.29) is 30.8 Å². The van der Waals surface area contributed by atoms with Gasteiger partial charge in [-0.3, -0.25) is 9.59 Å². The predicted molar refractivity (Wildman–Crippen MR) is 86.6 cm³/mol. The van der Waals surface area contributed by atoms with Crippen LogP contribution in [0.2, 0.25) is 0 Å². The summed E-state index contributed by atoms with van der Waals surface area (Å²) in [6.45, 7) is 1.16. The molecular formula is C15H25N3O5S. The van der Waals surface area contributed by atoms with Crippen LogP contribution in [0.25, 0.3) is 0 Å². The third-order valence-corrected chi connectivity index (χ3v) is 6.50. The molecule has 0 aromatic rings. The number of hydrogen-bond acceptors (Lipinski definition) is 5. The summed E-state index contributed by atoms with van der Waals surface area (Å²) in [5.41, 5.74) is -0.617. The zero-order valence-electron chi connectivity index (χ0n) is 13.9. The lowest BCUT2D eigenvalue weighted by Crippen LogP contribution is -2.58. The van der Waals surface area contributed by atoms with E-state index in [1.165, 1.54) is 4.31 Å². The molecule has 8 nitrogen and oxygen atoms in total. The molecule has 0 bridgehead atoms. The summed E-state index contributed by atoms with van der Waals surface area (Å²) < 4.78 is 31.0. The Bertz CT molecular complexity index is 611. The fourth-order valence-electron chi connectivity index (χ4n) is 3.45. The van der Waals surface area contributed by atoms with Crippen LogP contribution in [-0.4, -0.2) is 68.7 Å². The van der Waals surface area contributed by atoms with Crippen LogP contribution >= 0.6 is 0 Å². The van der Waals surface area contributed by atoms with Crippen molar-refractivity contribution in [1.82, 2.24) is 14.9 Å². The summed E-state index contributed by atoms with van der Waals surface area (Å²) in [5.74, 6) is -0.515. The molecule has 1 atom stereocenters. The van der Waals surface area contributed by atoms with Gasteiger partial charge in [0.25, 0.3) is 0 Å². The van der Waals surface area contributed by atoms with E-state index in [1.54, 1.807) is 0 Å². The Kier molecular flexibility index (Phi) is 4.85. The molecule has 2 N–H and O–H groups in total. The average molecular weight is 359 g/mol. The summed E-state index contributed by atoms with van der Waals surface area (Å²) in [6, 6.07) is -0.852. The average Bonchev–Trinajstić information content (AvgIpc) is 2.55. The number of nitrogens with zero attached hydrogens (tertiary/aromatic N) is 1. The lowest BCUT2D eigenvalue weighted by atomic mass is 9.84. The fraction of sp³-hybridized carbons (Fsp3) is 0.867. The smallest absolute Gasteiger partial charge is 0.244 e. The van der Waals surface area contributed by atoms with Crippen molar-refractivity contribution < 1.29 is 22.7 Å². The number of carbonyl (C=O) groups excluding carboxylic acids is 2. The van der Waals surface area contributed by atoms with E-state index in [2.05, 4.69) is 10.6 Å². The van der Waals surface area contributed by atoms with Crippen molar-refractivity contribution in [2.75, 3.05) is 32.6 Å². The Morgan fingerprint density at radius 3 is 2.54 bits per heavy atom. The maximum absolute atomic E-state index is 12.6. The number of hydrogen-bond donors (Lipinski definition) is 2. The molecule has 3 rings (SSSR count). The van der Waals surface area contributed by atoms with Crippen LogP contribution in [0.4, 0.5) is 0 Å². The van der Waals surface area contributed by atoms with Gasteiger partial charge in [0.15, 0.2) is 0 Å². The van der Waals surface area contributed by atoms with Crippen LogP contribution in [0.5, 0.6) is 0 Å². The monoisotopic (exact) mass is 359 g/mol. The van der Waals surface area contributed by atoms with E-state index in [0.29, 0.717) is 26.1 Å². The molecule has 9 heteroatoms. The van der Waals surface area contributed by atoms with Crippen LogP contribution in [0.15, 0.2) is 0 Å². The van der Waals surface area contributed by atoms with Gasteiger partial charge in [-0.1, -0.05) is 6.42 Å². The highest BCUT2D eigenvalue weighted by atomic mass is 32.2. The summed E-state index contributed by atoms with van der Waals surface area (Å²) in [5, 5.41) is 5.73. The van der Waals surface area contributed by atoms with E-state index in [0.717, 1.165) is 25.5 Å². The molecule has 2 amide bonds. The van der Waals surface area contributed by atoms with Crippen molar-refractivity contribution >= 4 is 21.8 Å². The first-order valence-electron chi connectivity index (χ1n) is 8.44. The van der Waals surface area contributed by atoms with Gasteiger partial charge in [0.1, 0.15) is 6.04 Å². The van der Waals surface area contributed by atoms with E-state index >= 15 is 0 Å². The van der Waals surface area contributed by atoms with Gasteiger partial charge in [-0.05, 0) is 25.7 Å². The van der Waals surface area contributed by atoms with E-state index in [1.807, 2.05) is 0 Å². The molecule has 0 aromatic heterocycles. The van der Waals surface area contributed by atoms with Crippen molar-refractivity contribution in [3.63, 3.8) is 0 Å². The van der Waals surface area contributed by atoms with Crippen LogP contribution < -0.4 is 10.6 Å². The maximum atomic E-state index is 12.6. The molecule has 2 heterocycles. The Hall–Kier alpha value is -1.19. The van der Waals surface area contributed by atoms with Gasteiger partial charge in [0.05, 0.1) is 11.8 Å². The minimum absolute atomic E-state index is 0.0221. The van der Waals surface area contributed by atoms with Gasteiger partial charge >= 0.3 is 0 Å². The lowest BCUT2D eigenvalue weighted by molar-refractivity contribution is -0.133. The topological polar surface area (TPSA) is 105 Å². The first kappa shape index (κ1) is 17.6. The van der Waals surface area contributed by atoms with E-state index < -0.39 is 21.6 Å². The minimum atomic E-state index is -3.48. The molecule has 1 spiro atoms. The highest BCUT2D eigenvalue weighted by Gasteiger charge is 2.44. The fourth-order valence-corrected chi connectivity index (χ4v) is 4.35. The second-order valence-corrected chi connectivity index (χ2v) is 9.11. The Labute approximate surface area is 142 Å². The predicted octanol–water partition coefficient (Wildman–Crippen LogP) is -0.788. The molecule has 1 saturated carbocycles. The second-order valence-electron chi connectivity index (χ2n) is 7.13. The van der Waals surface area contributed by atoms with Gasteiger partial charge < -0.3 is 15.4 Å². The zero-order chi connectivity index (χ0) is 17.4. The number of ether oxygens (including phenoxy) is 1. The molecule has 2 aliphatic heterocycles. The van der Waals surface area contributed by atoms with Gasteiger partial charge in [-0.2, -0.15) is 4.31 Å². The Morgan fingerprint density at radius 2 is 2.00 bits per heavy atom. The van der Waals surface area contributed by atoms with Crippen molar-refractivity contribution in [3.8, 4) is 0 Å². The molecule has 1 unspecified atom stereocenters. The van der Waals surface area contributed by atoms with Crippen molar-refractivity contribution in [3.05, 3.63) is 0 Å². The molecule has 0 aromatic carbocycles. The van der Waals surface area contributed by atoms with E-state index in [9.17, 15) is 18.0 Å². The third kappa shape index (κ3) is 3.73. The highest BCUT2D eigenvalue weighted by molar-refractivity contribution is 7.88. The molecule has 2 saturated heterocycles. The molecular weight excluding hydrogens is 334 g/mol. The van der Waals surface area contributed by atoms with Crippen molar-refractivity contribution in [2.24, 2.45) is 5.92 Å². The summed E-state index contributed by atoms with van der Waals surface area (Å²) in [6.07, 6.45) is 4.95. The number of rotatable bonds is 3. The molecule has 1 aliphatic carbocycles. The molecule has 24 heavy (non-hydrogen) atoms. The van der Waals surface area contributed by atoms with Crippen molar-refractivity contribution in [1.29, 1.82) is 0 Å². The van der Waals surface area contributed by atoms with Gasteiger partial charge in [0, 0.05) is 32.2 Å². The molecule has 0 radical (unpaired) electrons. The van der Waals surface area contributed by atoms with Gasteiger partial charge in [-0.25, -0.2) is 8.42 Å². The normalized spacial score (nSPS) is 28.7. The Morgan fingerprint density at radius 1 is 1.33 bits per heavy atom.